The Kier molecular flexibility index (Phi) is 3.13. The summed E-state index contributed by atoms with van der Waals surface area (Å²) < 4.78 is 29.9. The fourth-order valence-electron chi connectivity index (χ4n) is 1.03. The summed E-state index contributed by atoms with van der Waals surface area (Å²) in [5.41, 5.74) is 0.238. The molecule has 1 heterocycles. The lowest BCUT2D eigenvalue weighted by Crippen LogP contribution is -2.30. The predicted octanol–water partition coefficient (Wildman–Crippen LogP) is 1.16. The third kappa shape index (κ3) is 2.35. The van der Waals surface area contributed by atoms with Crippen LogP contribution in [0.1, 0.15) is 11.7 Å². The van der Waals surface area contributed by atoms with E-state index in [2.05, 4.69) is 4.74 Å². The Balaban J connectivity index is 2.91. The summed E-state index contributed by atoms with van der Waals surface area (Å²) in [6.45, 7) is 0. The summed E-state index contributed by atoms with van der Waals surface area (Å²) >= 11 is 0. The van der Waals surface area contributed by atoms with E-state index in [1.54, 1.807) is 0 Å². The number of hydrogen-bond acceptors (Lipinski definition) is 2. The topological polar surface area (TPSA) is 33.3 Å². The van der Waals surface area contributed by atoms with Crippen molar-refractivity contribution < 1.29 is 23.5 Å². The van der Waals surface area contributed by atoms with Crippen LogP contribution in [0.3, 0.4) is 0 Å². The molecule has 0 aromatic carbocycles. The van der Waals surface area contributed by atoms with Crippen LogP contribution in [0.4, 0.5) is 8.78 Å². The lowest BCUT2D eigenvalue weighted by atomic mass is 10.2. The molecule has 0 aliphatic rings. The van der Waals surface area contributed by atoms with Crippen LogP contribution in [-0.2, 0) is 4.74 Å². The van der Waals surface area contributed by atoms with E-state index in [4.69, 9.17) is 5.21 Å². The van der Waals surface area contributed by atoms with Gasteiger partial charge in [-0.05, 0) is 6.07 Å². The molecule has 0 saturated carbocycles. The molecule has 0 radical (unpaired) electrons. The van der Waals surface area contributed by atoms with Gasteiger partial charge < -0.3 is 4.74 Å². The highest BCUT2D eigenvalue weighted by atomic mass is 19.3. The molecular weight excluding hydrogens is 180 g/mol. The molecule has 1 rings (SSSR count). The van der Waals surface area contributed by atoms with Gasteiger partial charge in [0.1, 0.15) is 6.10 Å². The van der Waals surface area contributed by atoms with Gasteiger partial charge in [0.15, 0.2) is 0 Å². The molecule has 0 fully saturated rings. The average Bonchev–Trinajstić information content (AvgIpc) is 2.04. The number of pyridine rings is 1. The highest BCUT2D eigenvalue weighted by Crippen LogP contribution is 2.22. The van der Waals surface area contributed by atoms with Gasteiger partial charge >= 0.3 is 0 Å². The zero-order valence-corrected chi connectivity index (χ0v) is 7.02. The Morgan fingerprint density at radius 3 is 2.69 bits per heavy atom. The first-order chi connectivity index (χ1) is 6.15. The molecule has 5 heteroatoms. The molecule has 3 nitrogen and oxygen atoms in total. The van der Waals surface area contributed by atoms with Crippen LogP contribution < -0.4 is 4.73 Å². The molecule has 0 amide bonds. The molecule has 1 aromatic heterocycles. The third-order valence-electron chi connectivity index (χ3n) is 1.62. The number of nitrogens with zero attached hydrogens (tertiary/aromatic N) is 1. The van der Waals surface area contributed by atoms with E-state index in [1.807, 2.05) is 0 Å². The van der Waals surface area contributed by atoms with Crippen LogP contribution >= 0.6 is 0 Å². The molecule has 72 valence electrons. The van der Waals surface area contributed by atoms with Crippen LogP contribution in [-0.4, -0.2) is 18.7 Å². The van der Waals surface area contributed by atoms with E-state index in [9.17, 15) is 8.78 Å². The zero-order chi connectivity index (χ0) is 9.84. The number of hydrogen-bond donors (Lipinski definition) is 1. The second kappa shape index (κ2) is 4.13. The van der Waals surface area contributed by atoms with Crippen molar-refractivity contribution in [1.29, 1.82) is 0 Å². The summed E-state index contributed by atoms with van der Waals surface area (Å²) in [4.78, 5) is 0. The average molecular weight is 190 g/mol. The number of rotatable bonds is 3. The Labute approximate surface area is 74.1 Å². The lowest BCUT2D eigenvalue weighted by molar-refractivity contribution is -0.905. The molecular formula is C8H10F2NO2+. The molecule has 1 aromatic rings. The van der Waals surface area contributed by atoms with E-state index >= 15 is 0 Å². The summed E-state index contributed by atoms with van der Waals surface area (Å²) in [5, 5.41) is 8.96. The van der Waals surface area contributed by atoms with Crippen molar-refractivity contribution in [2.75, 3.05) is 7.11 Å². The van der Waals surface area contributed by atoms with Gasteiger partial charge in [0.05, 0.1) is 5.56 Å². The van der Waals surface area contributed by atoms with E-state index in [-0.39, 0.29) is 5.56 Å². The van der Waals surface area contributed by atoms with Crippen LogP contribution in [0.5, 0.6) is 0 Å². The molecule has 1 atom stereocenters. The van der Waals surface area contributed by atoms with Crippen molar-refractivity contribution in [2.24, 2.45) is 0 Å². The predicted molar refractivity (Wildman–Crippen MR) is 39.6 cm³/mol. The van der Waals surface area contributed by atoms with Crippen molar-refractivity contribution in [3.63, 3.8) is 0 Å². The van der Waals surface area contributed by atoms with Crippen molar-refractivity contribution in [2.45, 2.75) is 12.5 Å². The summed E-state index contributed by atoms with van der Waals surface area (Å²) in [6.07, 6.45) is -1.38. The Hall–Kier alpha value is -1.23. The quantitative estimate of drug-likeness (QED) is 0.573. The maximum absolute atomic E-state index is 12.3. The van der Waals surface area contributed by atoms with Crippen LogP contribution in [0, 0.1) is 0 Å². The van der Waals surface area contributed by atoms with Gasteiger partial charge in [-0.25, -0.2) is 8.78 Å². The fourth-order valence-corrected chi connectivity index (χ4v) is 1.03. The number of alkyl halides is 2. The first-order valence-electron chi connectivity index (χ1n) is 3.66. The second-order valence-electron chi connectivity index (χ2n) is 2.51. The first-order valence-corrected chi connectivity index (χ1v) is 3.66. The molecule has 0 aliphatic heterocycles. The van der Waals surface area contributed by atoms with Crippen molar-refractivity contribution in [3.8, 4) is 0 Å². The Morgan fingerprint density at radius 2 is 2.23 bits per heavy atom. The van der Waals surface area contributed by atoms with Crippen molar-refractivity contribution in [3.05, 3.63) is 30.1 Å². The minimum atomic E-state index is -2.60. The van der Waals surface area contributed by atoms with E-state index < -0.39 is 12.5 Å². The third-order valence-corrected chi connectivity index (χ3v) is 1.62. The van der Waals surface area contributed by atoms with Gasteiger partial charge in [0, 0.05) is 17.9 Å². The number of halogens is 2. The number of methoxy groups -OCH3 is 1. The number of ether oxygens (including phenoxy) is 1. The summed E-state index contributed by atoms with van der Waals surface area (Å²) in [7, 11) is 1.20. The Morgan fingerprint density at radius 1 is 1.54 bits per heavy atom. The zero-order valence-electron chi connectivity index (χ0n) is 7.02. The standard InChI is InChI=1S/C8H10F2NO2/c1-13-7(8(9)10)6-3-2-4-11(12)5-6/h2-5,7-8,12H,1H3/q+1. The molecule has 0 spiro atoms. The van der Waals surface area contributed by atoms with Gasteiger partial charge in [-0.3, -0.25) is 5.21 Å². The molecule has 0 saturated heterocycles. The molecule has 13 heavy (non-hydrogen) atoms. The summed E-state index contributed by atoms with van der Waals surface area (Å²) in [5.74, 6) is 0. The lowest BCUT2D eigenvalue weighted by Gasteiger charge is -2.11. The molecule has 1 unspecified atom stereocenters. The largest absolute Gasteiger partial charge is 0.371 e. The molecule has 0 bridgehead atoms. The monoisotopic (exact) mass is 190 g/mol. The Bertz CT molecular complexity index is 281. The minimum absolute atomic E-state index is 0.238. The van der Waals surface area contributed by atoms with E-state index in [1.165, 1.54) is 31.6 Å². The highest BCUT2D eigenvalue weighted by molar-refractivity contribution is 5.09. The normalized spacial score (nSPS) is 13.2. The van der Waals surface area contributed by atoms with Crippen LogP contribution in [0.15, 0.2) is 24.5 Å². The second-order valence-corrected chi connectivity index (χ2v) is 2.51. The van der Waals surface area contributed by atoms with Crippen LogP contribution in [0.2, 0.25) is 0 Å². The van der Waals surface area contributed by atoms with Gasteiger partial charge in [0.25, 0.3) is 6.43 Å². The first kappa shape index (κ1) is 9.85. The fraction of sp³-hybridized carbons (Fsp3) is 0.375. The minimum Gasteiger partial charge on any atom is -0.371 e. The maximum Gasteiger partial charge on any atom is 0.268 e. The van der Waals surface area contributed by atoms with Gasteiger partial charge in [-0.1, -0.05) is 0 Å². The maximum atomic E-state index is 12.3. The van der Waals surface area contributed by atoms with Gasteiger partial charge in [-0.15, -0.1) is 0 Å². The SMILES string of the molecule is COC(c1ccc[n+](O)c1)C(F)F. The van der Waals surface area contributed by atoms with Crippen LogP contribution in [0.25, 0.3) is 0 Å². The van der Waals surface area contributed by atoms with E-state index in [0.29, 0.717) is 4.73 Å². The highest BCUT2D eigenvalue weighted by Gasteiger charge is 2.24. The van der Waals surface area contributed by atoms with E-state index in [0.717, 1.165) is 0 Å². The van der Waals surface area contributed by atoms with Crippen molar-refractivity contribution in [1.82, 2.24) is 0 Å². The van der Waals surface area contributed by atoms with Gasteiger partial charge in [-0.2, -0.15) is 0 Å². The molecule has 0 aliphatic carbocycles. The number of aromatic nitrogens is 1. The summed E-state index contributed by atoms with van der Waals surface area (Å²) in [6, 6.07) is 2.93. The smallest absolute Gasteiger partial charge is 0.268 e. The molecule has 1 N–H and O–H groups in total. The van der Waals surface area contributed by atoms with Gasteiger partial charge in [0.2, 0.25) is 12.4 Å². The van der Waals surface area contributed by atoms with Crippen molar-refractivity contribution >= 4 is 0 Å².